The van der Waals surface area contributed by atoms with Crippen LogP contribution < -0.4 is 0 Å². The van der Waals surface area contributed by atoms with Gasteiger partial charge in [-0.2, -0.15) is 5.10 Å². The van der Waals surface area contributed by atoms with Gasteiger partial charge in [-0.15, -0.1) is 0 Å². The van der Waals surface area contributed by atoms with Crippen molar-refractivity contribution >= 4 is 5.91 Å². The third kappa shape index (κ3) is 2.96. The van der Waals surface area contributed by atoms with E-state index in [2.05, 4.69) is 17.0 Å². The Hall–Kier alpha value is -1.40. The zero-order chi connectivity index (χ0) is 14.8. The van der Waals surface area contributed by atoms with Crippen LogP contribution in [-0.2, 0) is 17.7 Å². The molecule has 3 rings (SSSR count). The highest BCUT2D eigenvalue weighted by molar-refractivity contribution is 5.92. The van der Waals surface area contributed by atoms with E-state index in [1.165, 1.54) is 5.69 Å². The number of rotatable bonds is 3. The number of aromatic nitrogens is 2. The van der Waals surface area contributed by atoms with Crippen molar-refractivity contribution in [1.29, 1.82) is 0 Å². The van der Waals surface area contributed by atoms with Crippen molar-refractivity contribution < 1.29 is 9.53 Å². The summed E-state index contributed by atoms with van der Waals surface area (Å²) in [4.78, 5) is 16.9. The largest absolute Gasteiger partial charge is 0.383 e. The van der Waals surface area contributed by atoms with Crippen LogP contribution in [0.2, 0.25) is 0 Å². The molecule has 0 saturated carbocycles. The number of fused-ring (bicyclic) bond motifs is 1. The van der Waals surface area contributed by atoms with Gasteiger partial charge in [0, 0.05) is 38.9 Å². The van der Waals surface area contributed by atoms with Crippen LogP contribution in [0.4, 0.5) is 0 Å². The summed E-state index contributed by atoms with van der Waals surface area (Å²) in [5.74, 6) is 0.0588. The Bertz CT molecular complexity index is 488. The fourth-order valence-electron chi connectivity index (χ4n) is 3.25. The van der Waals surface area contributed by atoms with Gasteiger partial charge < -0.3 is 14.5 Å². The summed E-state index contributed by atoms with van der Waals surface area (Å²) in [6.45, 7) is 4.30. The molecule has 1 fully saturated rings. The van der Waals surface area contributed by atoms with E-state index >= 15 is 0 Å². The summed E-state index contributed by atoms with van der Waals surface area (Å²) < 4.78 is 7.22. The first-order valence-electron chi connectivity index (χ1n) is 7.74. The van der Waals surface area contributed by atoms with Crippen molar-refractivity contribution in [2.75, 3.05) is 40.4 Å². The van der Waals surface area contributed by atoms with Crippen molar-refractivity contribution in [2.24, 2.45) is 0 Å². The molecule has 2 aliphatic rings. The molecule has 116 valence electrons. The fraction of sp³-hybridized carbons (Fsp3) is 0.733. The number of carbonyl (C=O) groups excluding carboxylic acids is 1. The molecule has 1 aromatic rings. The monoisotopic (exact) mass is 292 g/mol. The van der Waals surface area contributed by atoms with Crippen molar-refractivity contribution in [3.8, 4) is 0 Å². The van der Waals surface area contributed by atoms with Crippen LogP contribution in [0, 0.1) is 0 Å². The molecule has 0 aliphatic carbocycles. The molecule has 6 nitrogen and oxygen atoms in total. The van der Waals surface area contributed by atoms with Gasteiger partial charge in [0.15, 0.2) is 5.69 Å². The molecule has 0 aromatic carbocycles. The van der Waals surface area contributed by atoms with E-state index in [1.54, 1.807) is 7.11 Å². The van der Waals surface area contributed by atoms with Crippen molar-refractivity contribution in [1.82, 2.24) is 19.6 Å². The zero-order valence-corrected chi connectivity index (χ0v) is 12.9. The van der Waals surface area contributed by atoms with E-state index in [0.717, 1.165) is 45.4 Å². The summed E-state index contributed by atoms with van der Waals surface area (Å²) in [5, 5.41) is 4.54. The number of hydrogen-bond donors (Lipinski definition) is 0. The Balaban J connectivity index is 1.75. The lowest BCUT2D eigenvalue weighted by Crippen LogP contribution is -2.38. The maximum atomic E-state index is 12.7. The second-order valence-corrected chi connectivity index (χ2v) is 6.05. The number of methoxy groups -OCH3 is 1. The molecule has 1 amide bonds. The van der Waals surface area contributed by atoms with E-state index in [-0.39, 0.29) is 11.9 Å². The van der Waals surface area contributed by atoms with Gasteiger partial charge in [-0.1, -0.05) is 0 Å². The highest BCUT2D eigenvalue weighted by atomic mass is 16.5. The number of likely N-dealkylation sites (tertiary alicyclic amines) is 1. The van der Waals surface area contributed by atoms with E-state index in [9.17, 15) is 4.79 Å². The molecule has 0 radical (unpaired) electrons. The Morgan fingerprint density at radius 3 is 3.05 bits per heavy atom. The van der Waals surface area contributed by atoms with Crippen LogP contribution in [0.3, 0.4) is 0 Å². The lowest BCUT2D eigenvalue weighted by molar-refractivity contribution is 0.0624. The molecular formula is C15H24N4O2. The third-order valence-electron chi connectivity index (χ3n) is 4.52. The minimum Gasteiger partial charge on any atom is -0.383 e. The smallest absolute Gasteiger partial charge is 0.274 e. The van der Waals surface area contributed by atoms with Gasteiger partial charge in [0.2, 0.25) is 0 Å². The topological polar surface area (TPSA) is 50.6 Å². The number of amides is 1. The zero-order valence-electron chi connectivity index (χ0n) is 12.9. The molecule has 6 heteroatoms. The van der Waals surface area contributed by atoms with Gasteiger partial charge in [0.05, 0.1) is 19.2 Å². The summed E-state index contributed by atoms with van der Waals surface area (Å²) in [5.41, 5.74) is 1.77. The van der Waals surface area contributed by atoms with E-state index < -0.39 is 0 Å². The molecule has 2 aliphatic heterocycles. The van der Waals surface area contributed by atoms with E-state index in [1.807, 2.05) is 15.6 Å². The van der Waals surface area contributed by atoms with Gasteiger partial charge in [0.1, 0.15) is 0 Å². The minimum atomic E-state index is 0.0588. The maximum absolute atomic E-state index is 12.7. The standard InChI is InChI=1S/C15H24N4O2/c1-17-7-5-12-10-14(16-19(12)9-8-17)15(20)18-6-3-4-13(18)11-21-2/h10,13H,3-9,11H2,1-2H3/t13-/m0/s1. The third-order valence-corrected chi connectivity index (χ3v) is 4.52. The summed E-state index contributed by atoms with van der Waals surface area (Å²) in [6.07, 6.45) is 3.04. The molecule has 21 heavy (non-hydrogen) atoms. The quantitative estimate of drug-likeness (QED) is 0.819. The fourth-order valence-corrected chi connectivity index (χ4v) is 3.25. The van der Waals surface area contributed by atoms with Crippen LogP contribution in [0.15, 0.2) is 6.07 Å². The summed E-state index contributed by atoms with van der Waals surface area (Å²) in [7, 11) is 3.81. The van der Waals surface area contributed by atoms with E-state index in [0.29, 0.717) is 12.3 Å². The highest BCUT2D eigenvalue weighted by Gasteiger charge is 2.31. The molecule has 0 spiro atoms. The number of carbonyl (C=O) groups is 1. The molecule has 1 aromatic heterocycles. The maximum Gasteiger partial charge on any atom is 0.274 e. The van der Waals surface area contributed by atoms with E-state index in [4.69, 9.17) is 4.74 Å². The lowest BCUT2D eigenvalue weighted by Gasteiger charge is -2.23. The van der Waals surface area contributed by atoms with Crippen LogP contribution in [-0.4, -0.2) is 71.9 Å². The predicted molar refractivity (Wildman–Crippen MR) is 79.4 cm³/mol. The Morgan fingerprint density at radius 2 is 2.24 bits per heavy atom. The summed E-state index contributed by atoms with van der Waals surface area (Å²) in [6, 6.07) is 2.18. The van der Waals surface area contributed by atoms with Gasteiger partial charge in [-0.3, -0.25) is 9.48 Å². The van der Waals surface area contributed by atoms with Crippen LogP contribution in [0.1, 0.15) is 29.0 Å². The van der Waals surface area contributed by atoms with Crippen LogP contribution in [0.25, 0.3) is 0 Å². The van der Waals surface area contributed by atoms with Gasteiger partial charge in [0.25, 0.3) is 5.91 Å². The molecule has 0 N–H and O–H groups in total. The molecule has 0 bridgehead atoms. The molecular weight excluding hydrogens is 268 g/mol. The second-order valence-electron chi connectivity index (χ2n) is 6.05. The van der Waals surface area contributed by atoms with Gasteiger partial charge in [-0.05, 0) is 26.0 Å². The molecule has 1 atom stereocenters. The lowest BCUT2D eigenvalue weighted by atomic mass is 10.2. The SMILES string of the molecule is COC[C@@H]1CCCN1C(=O)c1cc2n(n1)CCN(C)CC2. The second kappa shape index (κ2) is 6.15. The average molecular weight is 292 g/mol. The van der Waals surface area contributed by atoms with Crippen molar-refractivity contribution in [2.45, 2.75) is 31.8 Å². The molecule has 0 unspecified atom stereocenters. The van der Waals surface area contributed by atoms with Crippen molar-refractivity contribution in [3.05, 3.63) is 17.5 Å². The van der Waals surface area contributed by atoms with Gasteiger partial charge >= 0.3 is 0 Å². The number of ether oxygens (including phenoxy) is 1. The Labute approximate surface area is 125 Å². The van der Waals surface area contributed by atoms with Crippen molar-refractivity contribution in [3.63, 3.8) is 0 Å². The Morgan fingerprint density at radius 1 is 1.38 bits per heavy atom. The van der Waals surface area contributed by atoms with Crippen LogP contribution >= 0.6 is 0 Å². The minimum absolute atomic E-state index is 0.0588. The number of nitrogens with zero attached hydrogens (tertiary/aromatic N) is 4. The Kier molecular flexibility index (Phi) is 4.26. The summed E-state index contributed by atoms with van der Waals surface area (Å²) >= 11 is 0. The first kappa shape index (κ1) is 14.5. The molecule has 1 saturated heterocycles. The normalized spacial score (nSPS) is 23.1. The average Bonchev–Trinajstić information content (AvgIpc) is 3.06. The first-order chi connectivity index (χ1) is 10.2. The molecule has 3 heterocycles. The van der Waals surface area contributed by atoms with Gasteiger partial charge in [-0.25, -0.2) is 0 Å². The number of hydrogen-bond acceptors (Lipinski definition) is 4. The van der Waals surface area contributed by atoms with Crippen LogP contribution in [0.5, 0.6) is 0 Å². The highest BCUT2D eigenvalue weighted by Crippen LogP contribution is 2.21. The predicted octanol–water partition coefficient (Wildman–Crippen LogP) is 0.622. The number of likely N-dealkylation sites (N-methyl/N-ethyl adjacent to an activating group) is 1. The first-order valence-corrected chi connectivity index (χ1v) is 7.74.